The number of guanidine groups is 1. The fourth-order valence-electron chi connectivity index (χ4n) is 1.94. The average molecular weight is 248 g/mol. The van der Waals surface area contributed by atoms with Gasteiger partial charge in [-0.1, -0.05) is 0 Å². The van der Waals surface area contributed by atoms with Gasteiger partial charge < -0.3 is 21.3 Å². The van der Waals surface area contributed by atoms with Gasteiger partial charge in [0.25, 0.3) is 5.69 Å². The van der Waals surface area contributed by atoms with Crippen LogP contribution in [0, 0.1) is 10.1 Å². The van der Waals surface area contributed by atoms with Crippen molar-refractivity contribution < 1.29 is 4.92 Å². The second-order valence-corrected chi connectivity index (χ2v) is 4.01. The molecule has 0 spiro atoms. The van der Waals surface area contributed by atoms with E-state index in [2.05, 4.69) is 26.3 Å². The van der Waals surface area contributed by atoms with Crippen LogP contribution >= 0.6 is 0 Å². The lowest BCUT2D eigenvalue weighted by atomic mass is 10.2. The standard InChI is InChI=1S/C10H12N6O2/c17-16(18)6-1-2-7-8(5-6)14-10(13-7)15-9-11-3-4-12-9/h1-2,5,10,13-14H,3-4H2,(H2,11,12,15). The summed E-state index contributed by atoms with van der Waals surface area (Å²) in [5.41, 5.74) is 1.61. The topological polar surface area (TPSA) is 104 Å². The summed E-state index contributed by atoms with van der Waals surface area (Å²) < 4.78 is 0. The van der Waals surface area contributed by atoms with Gasteiger partial charge in [-0.2, -0.15) is 0 Å². The highest BCUT2D eigenvalue weighted by Crippen LogP contribution is 2.31. The first-order chi connectivity index (χ1) is 8.72. The monoisotopic (exact) mass is 248 g/mol. The smallest absolute Gasteiger partial charge is 0.271 e. The number of rotatable bonds is 2. The van der Waals surface area contributed by atoms with Gasteiger partial charge in [-0.15, -0.1) is 0 Å². The minimum absolute atomic E-state index is 0.0695. The molecule has 0 amide bonds. The summed E-state index contributed by atoms with van der Waals surface area (Å²) in [6.07, 6.45) is -0.216. The Morgan fingerprint density at radius 2 is 2.22 bits per heavy atom. The SMILES string of the molecule is O=[N+]([O-])c1ccc2c(c1)NC(NC1=NCCN1)N2. The van der Waals surface area contributed by atoms with Crippen molar-refractivity contribution in [3.8, 4) is 0 Å². The molecule has 8 heteroatoms. The van der Waals surface area contributed by atoms with Crippen molar-refractivity contribution in [3.05, 3.63) is 28.3 Å². The van der Waals surface area contributed by atoms with E-state index in [0.717, 1.165) is 24.7 Å². The van der Waals surface area contributed by atoms with Crippen LogP contribution in [0.1, 0.15) is 0 Å². The van der Waals surface area contributed by atoms with Crippen molar-refractivity contribution >= 4 is 23.0 Å². The van der Waals surface area contributed by atoms with E-state index in [1.165, 1.54) is 12.1 Å². The predicted molar refractivity (Wildman–Crippen MR) is 67.6 cm³/mol. The van der Waals surface area contributed by atoms with Crippen LogP contribution in [0.15, 0.2) is 23.2 Å². The maximum absolute atomic E-state index is 10.7. The maximum Gasteiger partial charge on any atom is 0.271 e. The lowest BCUT2D eigenvalue weighted by Crippen LogP contribution is -2.47. The molecule has 1 atom stereocenters. The normalized spacial score (nSPS) is 20.2. The molecule has 0 saturated carbocycles. The number of fused-ring (bicyclic) bond motifs is 1. The van der Waals surface area contributed by atoms with Crippen LogP contribution in [0.2, 0.25) is 0 Å². The molecule has 94 valence electrons. The fraction of sp³-hybridized carbons (Fsp3) is 0.300. The molecule has 2 heterocycles. The molecule has 0 aliphatic carbocycles. The van der Waals surface area contributed by atoms with Crippen molar-refractivity contribution in [1.29, 1.82) is 0 Å². The number of non-ortho nitro benzene ring substituents is 1. The first kappa shape index (κ1) is 10.6. The Morgan fingerprint density at radius 1 is 1.39 bits per heavy atom. The summed E-state index contributed by atoms with van der Waals surface area (Å²) >= 11 is 0. The quantitative estimate of drug-likeness (QED) is 0.442. The molecule has 2 aliphatic rings. The minimum atomic E-state index is -0.411. The first-order valence-electron chi connectivity index (χ1n) is 5.59. The van der Waals surface area contributed by atoms with Crippen LogP contribution in [0.5, 0.6) is 0 Å². The van der Waals surface area contributed by atoms with E-state index in [4.69, 9.17) is 0 Å². The molecule has 0 fully saturated rings. The van der Waals surface area contributed by atoms with E-state index in [-0.39, 0.29) is 12.0 Å². The fourth-order valence-corrected chi connectivity index (χ4v) is 1.94. The Balaban J connectivity index is 1.72. The van der Waals surface area contributed by atoms with E-state index in [0.29, 0.717) is 5.69 Å². The highest BCUT2D eigenvalue weighted by molar-refractivity contribution is 5.84. The number of aliphatic imine (C=N–C) groups is 1. The molecular formula is C10H12N6O2. The third kappa shape index (κ3) is 1.88. The molecule has 8 nitrogen and oxygen atoms in total. The molecular weight excluding hydrogens is 236 g/mol. The summed E-state index contributed by atoms with van der Waals surface area (Å²) in [4.78, 5) is 14.5. The number of nitrogens with zero attached hydrogens (tertiary/aromatic N) is 2. The molecule has 0 aromatic heterocycles. The van der Waals surface area contributed by atoms with Crippen LogP contribution in [0.4, 0.5) is 17.1 Å². The second-order valence-electron chi connectivity index (χ2n) is 4.01. The van der Waals surface area contributed by atoms with Gasteiger partial charge >= 0.3 is 0 Å². The van der Waals surface area contributed by atoms with Gasteiger partial charge in [0.2, 0.25) is 0 Å². The molecule has 3 rings (SSSR count). The van der Waals surface area contributed by atoms with E-state index < -0.39 is 4.92 Å². The highest BCUT2D eigenvalue weighted by atomic mass is 16.6. The van der Waals surface area contributed by atoms with Gasteiger partial charge in [-0.05, 0) is 6.07 Å². The molecule has 18 heavy (non-hydrogen) atoms. The maximum atomic E-state index is 10.7. The van der Waals surface area contributed by atoms with Gasteiger partial charge in [0.1, 0.15) is 0 Å². The number of nitro groups is 1. The Morgan fingerprint density at radius 3 is 2.94 bits per heavy atom. The van der Waals surface area contributed by atoms with E-state index >= 15 is 0 Å². The van der Waals surface area contributed by atoms with Crippen molar-refractivity contribution in [2.75, 3.05) is 23.7 Å². The minimum Gasteiger partial charge on any atom is -0.354 e. The Kier molecular flexibility index (Phi) is 2.40. The van der Waals surface area contributed by atoms with Gasteiger partial charge in [-0.3, -0.25) is 15.1 Å². The lowest BCUT2D eigenvalue weighted by Gasteiger charge is -2.15. The number of hydrogen-bond acceptors (Lipinski definition) is 7. The predicted octanol–water partition coefficient (Wildman–Crippen LogP) is 0.265. The molecule has 1 aromatic rings. The zero-order chi connectivity index (χ0) is 12.5. The van der Waals surface area contributed by atoms with E-state index in [1.54, 1.807) is 6.07 Å². The Labute approximate surface area is 103 Å². The van der Waals surface area contributed by atoms with Crippen LogP contribution < -0.4 is 21.3 Å². The summed E-state index contributed by atoms with van der Waals surface area (Å²) in [5.74, 6) is 0.724. The third-order valence-electron chi connectivity index (χ3n) is 2.77. The zero-order valence-electron chi connectivity index (χ0n) is 9.43. The van der Waals surface area contributed by atoms with Gasteiger partial charge in [0.15, 0.2) is 12.2 Å². The average Bonchev–Trinajstić information content (AvgIpc) is 2.96. The summed E-state index contributed by atoms with van der Waals surface area (Å²) in [6.45, 7) is 1.58. The number of benzene rings is 1. The van der Waals surface area contributed by atoms with Gasteiger partial charge in [0, 0.05) is 18.7 Å². The van der Waals surface area contributed by atoms with E-state index in [1.807, 2.05) is 0 Å². The molecule has 2 aliphatic heterocycles. The summed E-state index contributed by atoms with van der Waals surface area (Å²) in [6, 6.07) is 4.67. The number of nitrogens with one attached hydrogen (secondary N) is 4. The Bertz CT molecular complexity index is 529. The molecule has 4 N–H and O–H groups in total. The molecule has 1 unspecified atom stereocenters. The van der Waals surface area contributed by atoms with Crippen molar-refractivity contribution in [2.45, 2.75) is 6.29 Å². The number of hydrogen-bond donors (Lipinski definition) is 4. The van der Waals surface area contributed by atoms with Gasteiger partial charge in [-0.25, -0.2) is 0 Å². The van der Waals surface area contributed by atoms with Crippen LogP contribution in [-0.2, 0) is 0 Å². The zero-order valence-corrected chi connectivity index (χ0v) is 9.43. The third-order valence-corrected chi connectivity index (χ3v) is 2.77. The van der Waals surface area contributed by atoms with Gasteiger partial charge in [0.05, 0.1) is 22.8 Å². The van der Waals surface area contributed by atoms with Crippen molar-refractivity contribution in [3.63, 3.8) is 0 Å². The second kappa shape index (κ2) is 4.06. The highest BCUT2D eigenvalue weighted by Gasteiger charge is 2.23. The lowest BCUT2D eigenvalue weighted by molar-refractivity contribution is -0.384. The molecule has 1 aromatic carbocycles. The Hall–Kier alpha value is -2.51. The molecule has 0 saturated heterocycles. The molecule has 0 bridgehead atoms. The largest absolute Gasteiger partial charge is 0.354 e. The van der Waals surface area contributed by atoms with Crippen LogP contribution in [0.3, 0.4) is 0 Å². The first-order valence-corrected chi connectivity index (χ1v) is 5.59. The number of nitro benzene ring substituents is 1. The van der Waals surface area contributed by atoms with E-state index in [9.17, 15) is 10.1 Å². The number of anilines is 2. The van der Waals surface area contributed by atoms with Crippen LogP contribution in [0.25, 0.3) is 0 Å². The van der Waals surface area contributed by atoms with Crippen molar-refractivity contribution in [1.82, 2.24) is 10.6 Å². The summed E-state index contributed by atoms with van der Waals surface area (Å²) in [7, 11) is 0. The van der Waals surface area contributed by atoms with Crippen LogP contribution in [-0.4, -0.2) is 30.3 Å². The molecule has 0 radical (unpaired) electrons. The van der Waals surface area contributed by atoms with Crippen molar-refractivity contribution in [2.24, 2.45) is 4.99 Å². The summed E-state index contributed by atoms with van der Waals surface area (Å²) in [5, 5.41) is 23.2.